The molecule has 2 fully saturated rings. The average Bonchev–Trinajstić information content (AvgIpc) is 2.73. The van der Waals surface area contributed by atoms with Gasteiger partial charge in [0.15, 0.2) is 0 Å². The van der Waals surface area contributed by atoms with Crippen LogP contribution in [0.1, 0.15) is 32.6 Å². The topological polar surface area (TPSA) is 26.0 Å². The predicted molar refractivity (Wildman–Crippen MR) is 42.6 cm³/mol. The van der Waals surface area contributed by atoms with Crippen LogP contribution in [0.2, 0.25) is 0 Å². The summed E-state index contributed by atoms with van der Waals surface area (Å²) in [7, 11) is 0. The van der Waals surface area contributed by atoms with Crippen LogP contribution in [0.25, 0.3) is 0 Å². The Hall–Kier alpha value is -0.0400. The van der Waals surface area contributed by atoms with Gasteiger partial charge in [0.05, 0.1) is 0 Å². The Morgan fingerprint density at radius 1 is 1.10 bits per heavy atom. The van der Waals surface area contributed by atoms with Gasteiger partial charge in [-0.3, -0.25) is 0 Å². The molecule has 0 aromatic heterocycles. The Kier molecular flexibility index (Phi) is 1.48. The van der Waals surface area contributed by atoms with Gasteiger partial charge in [0.2, 0.25) is 0 Å². The van der Waals surface area contributed by atoms with E-state index in [1.54, 1.807) is 0 Å². The van der Waals surface area contributed by atoms with Crippen molar-refractivity contribution in [2.24, 2.45) is 23.5 Å². The van der Waals surface area contributed by atoms with E-state index in [1.807, 2.05) is 0 Å². The molecule has 2 unspecified atom stereocenters. The Morgan fingerprint density at radius 3 is 2.00 bits per heavy atom. The highest BCUT2D eigenvalue weighted by Crippen LogP contribution is 2.43. The van der Waals surface area contributed by atoms with E-state index in [4.69, 9.17) is 5.73 Å². The minimum atomic E-state index is 0.535. The molecule has 0 heterocycles. The summed E-state index contributed by atoms with van der Waals surface area (Å²) in [5, 5.41) is 0. The van der Waals surface area contributed by atoms with E-state index < -0.39 is 0 Å². The van der Waals surface area contributed by atoms with Crippen LogP contribution in [0.4, 0.5) is 0 Å². The summed E-state index contributed by atoms with van der Waals surface area (Å²) in [6.07, 6.45) is 5.69. The van der Waals surface area contributed by atoms with Gasteiger partial charge in [-0.1, -0.05) is 6.92 Å². The molecule has 58 valence electrons. The smallest absolute Gasteiger partial charge is 0.00956 e. The SMILES string of the molecule is CC(C1CC1)C(N)C1CC1. The van der Waals surface area contributed by atoms with Gasteiger partial charge in [-0.05, 0) is 43.4 Å². The molecular weight excluding hydrogens is 122 g/mol. The summed E-state index contributed by atoms with van der Waals surface area (Å²) in [5.74, 6) is 2.71. The Labute approximate surface area is 63.0 Å². The van der Waals surface area contributed by atoms with Gasteiger partial charge >= 0.3 is 0 Å². The maximum absolute atomic E-state index is 6.06. The molecule has 2 aliphatic carbocycles. The highest BCUT2D eigenvalue weighted by Gasteiger charge is 2.38. The lowest BCUT2D eigenvalue weighted by molar-refractivity contribution is 0.373. The van der Waals surface area contributed by atoms with Crippen LogP contribution < -0.4 is 5.73 Å². The van der Waals surface area contributed by atoms with Crippen molar-refractivity contribution in [2.45, 2.75) is 38.6 Å². The molecule has 0 aliphatic heterocycles. The third-order valence-electron chi connectivity index (χ3n) is 3.14. The number of rotatable bonds is 3. The summed E-state index contributed by atoms with van der Waals surface area (Å²) in [6.45, 7) is 2.33. The molecule has 2 N–H and O–H groups in total. The standard InChI is InChI=1S/C9H17N/c1-6(7-2-3-7)9(10)8-4-5-8/h6-9H,2-5,10H2,1H3. The van der Waals surface area contributed by atoms with Crippen molar-refractivity contribution in [3.63, 3.8) is 0 Å². The lowest BCUT2D eigenvalue weighted by atomic mass is 9.94. The van der Waals surface area contributed by atoms with Gasteiger partial charge in [-0.25, -0.2) is 0 Å². The lowest BCUT2D eigenvalue weighted by Crippen LogP contribution is -2.31. The normalized spacial score (nSPS) is 31.8. The zero-order valence-corrected chi connectivity index (χ0v) is 6.72. The molecule has 2 aliphatic rings. The van der Waals surface area contributed by atoms with Gasteiger partial charge < -0.3 is 5.73 Å². The summed E-state index contributed by atoms with van der Waals surface area (Å²) in [4.78, 5) is 0. The van der Waals surface area contributed by atoms with Gasteiger partial charge in [-0.2, -0.15) is 0 Å². The molecule has 0 spiro atoms. The average molecular weight is 139 g/mol. The van der Waals surface area contributed by atoms with Crippen LogP contribution in [-0.2, 0) is 0 Å². The van der Waals surface area contributed by atoms with Crippen LogP contribution >= 0.6 is 0 Å². The molecule has 1 heteroatoms. The molecule has 2 atom stereocenters. The lowest BCUT2D eigenvalue weighted by Gasteiger charge is -2.18. The molecule has 2 saturated carbocycles. The largest absolute Gasteiger partial charge is 0.327 e. The van der Waals surface area contributed by atoms with Crippen molar-refractivity contribution in [3.05, 3.63) is 0 Å². The van der Waals surface area contributed by atoms with E-state index in [9.17, 15) is 0 Å². The zero-order chi connectivity index (χ0) is 7.14. The monoisotopic (exact) mass is 139 g/mol. The third kappa shape index (κ3) is 1.20. The van der Waals surface area contributed by atoms with Crippen LogP contribution in [0.15, 0.2) is 0 Å². The van der Waals surface area contributed by atoms with Crippen LogP contribution in [0.5, 0.6) is 0 Å². The molecule has 0 bridgehead atoms. The van der Waals surface area contributed by atoms with Crippen molar-refractivity contribution < 1.29 is 0 Å². The minimum absolute atomic E-state index is 0.535. The van der Waals surface area contributed by atoms with Gasteiger partial charge in [0.1, 0.15) is 0 Å². The number of hydrogen-bond donors (Lipinski definition) is 1. The van der Waals surface area contributed by atoms with E-state index in [1.165, 1.54) is 25.7 Å². The summed E-state index contributed by atoms with van der Waals surface area (Å²) >= 11 is 0. The van der Waals surface area contributed by atoms with E-state index in [0.29, 0.717) is 6.04 Å². The Morgan fingerprint density at radius 2 is 1.60 bits per heavy atom. The second-order valence-electron chi connectivity index (χ2n) is 4.11. The van der Waals surface area contributed by atoms with Crippen molar-refractivity contribution in [1.29, 1.82) is 0 Å². The van der Waals surface area contributed by atoms with E-state index in [2.05, 4.69) is 6.92 Å². The fourth-order valence-corrected chi connectivity index (χ4v) is 1.85. The molecule has 10 heavy (non-hydrogen) atoms. The molecule has 0 aromatic rings. The second-order valence-corrected chi connectivity index (χ2v) is 4.11. The summed E-state index contributed by atoms with van der Waals surface area (Å²) in [5.41, 5.74) is 6.06. The van der Waals surface area contributed by atoms with E-state index >= 15 is 0 Å². The zero-order valence-electron chi connectivity index (χ0n) is 6.72. The Bertz CT molecular complexity index is 109. The first-order valence-corrected chi connectivity index (χ1v) is 4.54. The fraction of sp³-hybridized carbons (Fsp3) is 1.00. The highest BCUT2D eigenvalue weighted by atomic mass is 14.7. The van der Waals surface area contributed by atoms with Gasteiger partial charge in [-0.15, -0.1) is 0 Å². The van der Waals surface area contributed by atoms with E-state index in [0.717, 1.165) is 17.8 Å². The second kappa shape index (κ2) is 2.23. The molecule has 0 saturated heterocycles. The van der Waals surface area contributed by atoms with Crippen molar-refractivity contribution >= 4 is 0 Å². The van der Waals surface area contributed by atoms with Crippen molar-refractivity contribution in [3.8, 4) is 0 Å². The number of nitrogens with two attached hydrogens (primary N) is 1. The quantitative estimate of drug-likeness (QED) is 0.633. The summed E-state index contributed by atoms with van der Waals surface area (Å²) < 4.78 is 0. The molecule has 1 nitrogen and oxygen atoms in total. The van der Waals surface area contributed by atoms with Crippen molar-refractivity contribution in [1.82, 2.24) is 0 Å². The van der Waals surface area contributed by atoms with Crippen LogP contribution in [0.3, 0.4) is 0 Å². The highest BCUT2D eigenvalue weighted by molar-refractivity contribution is 4.92. The molecule has 2 rings (SSSR count). The maximum Gasteiger partial charge on any atom is 0.00956 e. The predicted octanol–water partition coefficient (Wildman–Crippen LogP) is 1.77. The van der Waals surface area contributed by atoms with E-state index in [-0.39, 0.29) is 0 Å². The van der Waals surface area contributed by atoms with Gasteiger partial charge in [0, 0.05) is 6.04 Å². The first kappa shape index (κ1) is 6.66. The molecule has 0 radical (unpaired) electrons. The molecule has 0 amide bonds. The maximum atomic E-state index is 6.06. The fourth-order valence-electron chi connectivity index (χ4n) is 1.85. The Balaban J connectivity index is 1.83. The van der Waals surface area contributed by atoms with Crippen LogP contribution in [-0.4, -0.2) is 6.04 Å². The molecule has 0 aromatic carbocycles. The first-order chi connectivity index (χ1) is 4.79. The van der Waals surface area contributed by atoms with Gasteiger partial charge in [0.25, 0.3) is 0 Å². The molecular formula is C9H17N. The minimum Gasteiger partial charge on any atom is -0.327 e. The van der Waals surface area contributed by atoms with Crippen molar-refractivity contribution in [2.75, 3.05) is 0 Å². The first-order valence-electron chi connectivity index (χ1n) is 4.54. The summed E-state index contributed by atoms with van der Waals surface area (Å²) in [6, 6.07) is 0.535. The third-order valence-corrected chi connectivity index (χ3v) is 3.14. The van der Waals surface area contributed by atoms with Crippen LogP contribution in [0, 0.1) is 17.8 Å². The number of hydrogen-bond acceptors (Lipinski definition) is 1.